The second-order valence-corrected chi connectivity index (χ2v) is 8.38. The Balaban J connectivity index is 1.94. The van der Waals surface area contributed by atoms with Gasteiger partial charge in [-0.2, -0.15) is 4.98 Å². The van der Waals surface area contributed by atoms with Crippen LogP contribution in [0.3, 0.4) is 0 Å². The summed E-state index contributed by atoms with van der Waals surface area (Å²) in [6.45, 7) is 6.18. The summed E-state index contributed by atoms with van der Waals surface area (Å²) >= 11 is 0. The fraction of sp³-hybridized carbons (Fsp3) is 0.308. The van der Waals surface area contributed by atoms with E-state index < -0.39 is 0 Å². The molecule has 0 unspecified atom stereocenters. The van der Waals surface area contributed by atoms with Gasteiger partial charge in [0.2, 0.25) is 5.95 Å². The summed E-state index contributed by atoms with van der Waals surface area (Å²) in [6, 6.07) is 11.1. The standard InChI is InChI=1S/C26H34N8O2/c1-7-11-28-20-15-21(23(36-6)16-22(20)34(5)13-12-33(3)4)31-26-30-17-29-24(32-26)18-9-8-10-19(14-18)25(35)27-2/h7-10,14-17,28H,1,11-13H2,2-6H3,(H,27,35)(H,29,30,31,32). The zero-order valence-corrected chi connectivity index (χ0v) is 21.5. The van der Waals surface area contributed by atoms with E-state index in [1.165, 1.54) is 6.33 Å². The third-order valence-electron chi connectivity index (χ3n) is 5.48. The van der Waals surface area contributed by atoms with Crippen molar-refractivity contribution in [3.05, 3.63) is 60.9 Å². The van der Waals surface area contributed by atoms with Gasteiger partial charge in [-0.05, 0) is 32.3 Å². The van der Waals surface area contributed by atoms with Crippen molar-refractivity contribution in [1.82, 2.24) is 25.2 Å². The molecule has 0 saturated heterocycles. The van der Waals surface area contributed by atoms with Gasteiger partial charge in [-0.3, -0.25) is 4.79 Å². The summed E-state index contributed by atoms with van der Waals surface area (Å²) in [7, 11) is 9.38. The predicted octanol–water partition coefficient (Wildman–Crippen LogP) is 3.25. The number of nitrogens with one attached hydrogen (secondary N) is 3. The third kappa shape index (κ3) is 6.70. The van der Waals surface area contributed by atoms with Crippen molar-refractivity contribution in [2.24, 2.45) is 0 Å². The Morgan fingerprint density at radius 3 is 2.61 bits per heavy atom. The van der Waals surface area contributed by atoms with Crippen LogP contribution in [-0.2, 0) is 0 Å². The summed E-state index contributed by atoms with van der Waals surface area (Å²) in [6.07, 6.45) is 3.25. The first-order chi connectivity index (χ1) is 17.4. The predicted molar refractivity (Wildman–Crippen MR) is 145 cm³/mol. The monoisotopic (exact) mass is 490 g/mol. The summed E-state index contributed by atoms with van der Waals surface area (Å²) in [5.74, 6) is 1.27. The summed E-state index contributed by atoms with van der Waals surface area (Å²) in [5, 5.41) is 9.29. The number of anilines is 4. The topological polar surface area (TPSA) is 108 Å². The molecular formula is C26H34N8O2. The molecule has 36 heavy (non-hydrogen) atoms. The van der Waals surface area contributed by atoms with Crippen molar-refractivity contribution in [1.29, 1.82) is 0 Å². The Labute approximate surface area is 212 Å². The quantitative estimate of drug-likeness (QED) is 0.330. The van der Waals surface area contributed by atoms with Gasteiger partial charge in [0, 0.05) is 50.9 Å². The Hall–Kier alpha value is -4.18. The first kappa shape index (κ1) is 26.4. The smallest absolute Gasteiger partial charge is 0.251 e. The zero-order chi connectivity index (χ0) is 26.1. The van der Waals surface area contributed by atoms with E-state index in [2.05, 4.69) is 68.4 Å². The lowest BCUT2D eigenvalue weighted by atomic mass is 10.1. The van der Waals surface area contributed by atoms with Crippen molar-refractivity contribution in [3.63, 3.8) is 0 Å². The van der Waals surface area contributed by atoms with Gasteiger partial charge < -0.3 is 30.5 Å². The van der Waals surface area contributed by atoms with E-state index in [0.29, 0.717) is 40.9 Å². The number of benzene rings is 2. The van der Waals surface area contributed by atoms with E-state index in [-0.39, 0.29) is 5.91 Å². The Morgan fingerprint density at radius 2 is 1.92 bits per heavy atom. The van der Waals surface area contributed by atoms with Crippen LogP contribution in [0.15, 0.2) is 55.4 Å². The van der Waals surface area contributed by atoms with Crippen LogP contribution in [0, 0.1) is 0 Å². The molecule has 10 heteroatoms. The second kappa shape index (κ2) is 12.5. The highest BCUT2D eigenvalue weighted by Gasteiger charge is 2.16. The van der Waals surface area contributed by atoms with Crippen molar-refractivity contribution < 1.29 is 9.53 Å². The maximum absolute atomic E-state index is 12.0. The number of aromatic nitrogens is 3. The Bertz CT molecular complexity index is 1200. The molecule has 0 aliphatic rings. The van der Waals surface area contributed by atoms with E-state index in [9.17, 15) is 4.79 Å². The molecule has 2 aromatic carbocycles. The molecule has 0 fully saturated rings. The number of carbonyl (C=O) groups is 1. The highest BCUT2D eigenvalue weighted by atomic mass is 16.5. The Morgan fingerprint density at radius 1 is 1.11 bits per heavy atom. The number of amides is 1. The van der Waals surface area contributed by atoms with Crippen LogP contribution < -0.4 is 25.6 Å². The first-order valence-electron chi connectivity index (χ1n) is 11.6. The molecule has 3 rings (SSSR count). The molecule has 1 amide bonds. The van der Waals surface area contributed by atoms with Gasteiger partial charge in [0.25, 0.3) is 5.91 Å². The molecule has 0 radical (unpaired) electrons. The molecule has 0 aliphatic carbocycles. The average molecular weight is 491 g/mol. The molecule has 1 aromatic heterocycles. The molecule has 10 nitrogen and oxygen atoms in total. The van der Waals surface area contributed by atoms with Gasteiger partial charge in [-0.25, -0.2) is 9.97 Å². The van der Waals surface area contributed by atoms with Crippen LogP contribution in [-0.4, -0.2) is 80.7 Å². The average Bonchev–Trinajstić information content (AvgIpc) is 2.90. The molecule has 0 atom stereocenters. The maximum Gasteiger partial charge on any atom is 0.251 e. The lowest BCUT2D eigenvalue weighted by Crippen LogP contribution is -2.29. The van der Waals surface area contributed by atoms with E-state index in [0.717, 1.165) is 24.5 Å². The van der Waals surface area contributed by atoms with Crippen molar-refractivity contribution in [3.8, 4) is 17.1 Å². The van der Waals surface area contributed by atoms with Gasteiger partial charge in [0.05, 0.1) is 24.2 Å². The lowest BCUT2D eigenvalue weighted by molar-refractivity contribution is 0.0963. The van der Waals surface area contributed by atoms with Crippen LogP contribution >= 0.6 is 0 Å². The molecule has 0 bridgehead atoms. The summed E-state index contributed by atoms with van der Waals surface area (Å²) in [4.78, 5) is 29.5. The van der Waals surface area contributed by atoms with E-state index >= 15 is 0 Å². The van der Waals surface area contributed by atoms with Crippen LogP contribution in [0.25, 0.3) is 11.4 Å². The maximum atomic E-state index is 12.0. The van der Waals surface area contributed by atoms with E-state index in [1.54, 1.807) is 32.4 Å². The number of nitrogens with zero attached hydrogens (tertiary/aromatic N) is 5. The van der Waals surface area contributed by atoms with Crippen molar-refractivity contribution in [2.45, 2.75) is 0 Å². The number of rotatable bonds is 12. The van der Waals surface area contributed by atoms with Gasteiger partial charge in [0.15, 0.2) is 5.82 Å². The highest BCUT2D eigenvalue weighted by molar-refractivity contribution is 5.95. The minimum Gasteiger partial charge on any atom is -0.494 e. The fourth-order valence-electron chi connectivity index (χ4n) is 3.51. The van der Waals surface area contributed by atoms with Gasteiger partial charge in [-0.1, -0.05) is 18.2 Å². The molecule has 3 N–H and O–H groups in total. The summed E-state index contributed by atoms with van der Waals surface area (Å²) in [5.41, 5.74) is 3.86. The molecule has 0 saturated carbocycles. The van der Waals surface area contributed by atoms with Crippen LogP contribution in [0.5, 0.6) is 5.75 Å². The molecular weight excluding hydrogens is 456 g/mol. The number of carbonyl (C=O) groups excluding carboxylic acids is 1. The number of hydrogen-bond acceptors (Lipinski definition) is 9. The van der Waals surface area contributed by atoms with Crippen LogP contribution in [0.1, 0.15) is 10.4 Å². The normalized spacial score (nSPS) is 10.6. The fourth-order valence-corrected chi connectivity index (χ4v) is 3.51. The van der Waals surface area contributed by atoms with Crippen molar-refractivity contribution >= 4 is 28.9 Å². The first-order valence-corrected chi connectivity index (χ1v) is 11.6. The number of methoxy groups -OCH3 is 1. The highest BCUT2D eigenvalue weighted by Crippen LogP contribution is 2.37. The number of hydrogen-bond donors (Lipinski definition) is 3. The van der Waals surface area contributed by atoms with Gasteiger partial charge in [-0.15, -0.1) is 6.58 Å². The van der Waals surface area contributed by atoms with Gasteiger partial charge >= 0.3 is 0 Å². The molecule has 0 aliphatic heterocycles. The largest absolute Gasteiger partial charge is 0.494 e. The molecule has 0 spiro atoms. The molecule has 1 heterocycles. The van der Waals surface area contributed by atoms with Crippen LogP contribution in [0.2, 0.25) is 0 Å². The molecule has 3 aromatic rings. The zero-order valence-electron chi connectivity index (χ0n) is 21.5. The minimum absolute atomic E-state index is 0.177. The van der Waals surface area contributed by atoms with Crippen LogP contribution in [0.4, 0.5) is 23.0 Å². The Kier molecular flexibility index (Phi) is 9.18. The SMILES string of the molecule is C=CCNc1cc(Nc2ncnc(-c3cccc(C(=O)NC)c3)n2)c(OC)cc1N(C)CCN(C)C. The van der Waals surface area contributed by atoms with Crippen molar-refractivity contribution in [2.75, 3.05) is 70.5 Å². The molecule has 190 valence electrons. The van der Waals surface area contributed by atoms with E-state index in [4.69, 9.17) is 4.74 Å². The van der Waals surface area contributed by atoms with E-state index in [1.807, 2.05) is 24.3 Å². The number of likely N-dealkylation sites (N-methyl/N-ethyl adjacent to an activating group) is 2. The second-order valence-electron chi connectivity index (χ2n) is 8.38. The minimum atomic E-state index is -0.177. The third-order valence-corrected chi connectivity index (χ3v) is 5.48. The lowest BCUT2D eigenvalue weighted by Gasteiger charge is -2.26. The number of ether oxygens (including phenoxy) is 1. The summed E-state index contributed by atoms with van der Waals surface area (Å²) < 4.78 is 5.70. The van der Waals surface area contributed by atoms with Gasteiger partial charge in [0.1, 0.15) is 12.1 Å².